The topological polar surface area (TPSA) is 73.2 Å². The first kappa shape index (κ1) is 16.0. The Morgan fingerprint density at radius 1 is 1.26 bits per heavy atom. The quantitative estimate of drug-likeness (QED) is 0.862. The van der Waals surface area contributed by atoms with E-state index in [1.165, 1.54) is 7.11 Å². The summed E-state index contributed by atoms with van der Waals surface area (Å²) < 4.78 is 6.93. The van der Waals surface area contributed by atoms with Gasteiger partial charge in [0.2, 0.25) is 0 Å². The highest BCUT2D eigenvalue weighted by atomic mass is 16.5. The van der Waals surface area contributed by atoms with Crippen molar-refractivity contribution in [2.75, 3.05) is 13.7 Å². The van der Waals surface area contributed by atoms with E-state index in [-0.39, 0.29) is 11.9 Å². The number of hydrogen-bond donors (Lipinski definition) is 1. The number of ether oxygens (including phenoxy) is 1. The van der Waals surface area contributed by atoms with E-state index >= 15 is 0 Å². The molecule has 1 fully saturated rings. The standard InChI is InChI=1S/C17H25N3O3/c1-23-16(22)17(8-4-2-5-9-17)12-18-15(21)13-11-19-20-10-6-3-7-14(13)20/h11H,2-10,12H2,1H3,(H,18,21). The number of carbonyl (C=O) groups is 2. The molecular weight excluding hydrogens is 294 g/mol. The summed E-state index contributed by atoms with van der Waals surface area (Å²) in [5.41, 5.74) is 1.11. The Morgan fingerprint density at radius 3 is 2.78 bits per heavy atom. The predicted molar refractivity (Wildman–Crippen MR) is 85.0 cm³/mol. The molecule has 23 heavy (non-hydrogen) atoms. The number of aromatic nitrogens is 2. The number of rotatable bonds is 4. The lowest BCUT2D eigenvalue weighted by Crippen LogP contribution is -2.45. The van der Waals surface area contributed by atoms with Gasteiger partial charge in [-0.1, -0.05) is 19.3 Å². The van der Waals surface area contributed by atoms with Gasteiger partial charge in [0.05, 0.1) is 30.0 Å². The second kappa shape index (κ2) is 6.72. The molecule has 6 nitrogen and oxygen atoms in total. The summed E-state index contributed by atoms with van der Waals surface area (Å²) in [5, 5.41) is 7.27. The van der Waals surface area contributed by atoms with Gasteiger partial charge in [0.15, 0.2) is 0 Å². The van der Waals surface area contributed by atoms with Crippen molar-refractivity contribution in [1.29, 1.82) is 0 Å². The Kier molecular flexibility index (Phi) is 4.68. The van der Waals surface area contributed by atoms with Crippen LogP contribution in [0.15, 0.2) is 6.20 Å². The molecule has 1 aliphatic heterocycles. The van der Waals surface area contributed by atoms with Crippen LogP contribution in [0.2, 0.25) is 0 Å². The van der Waals surface area contributed by atoms with Crippen LogP contribution in [0.3, 0.4) is 0 Å². The van der Waals surface area contributed by atoms with Gasteiger partial charge in [-0.05, 0) is 32.1 Å². The van der Waals surface area contributed by atoms with Gasteiger partial charge in [-0.15, -0.1) is 0 Å². The van der Waals surface area contributed by atoms with Crippen LogP contribution < -0.4 is 5.32 Å². The summed E-state index contributed by atoms with van der Waals surface area (Å²) in [6.07, 6.45) is 9.48. The Hall–Kier alpha value is -1.85. The number of nitrogens with zero attached hydrogens (tertiary/aromatic N) is 2. The third-order valence-electron chi connectivity index (χ3n) is 5.24. The molecule has 1 amide bonds. The molecular formula is C17H25N3O3. The normalized spacial score (nSPS) is 19.7. The minimum Gasteiger partial charge on any atom is -0.469 e. The first-order valence-electron chi connectivity index (χ1n) is 8.58. The van der Waals surface area contributed by atoms with Crippen LogP contribution in [0.25, 0.3) is 0 Å². The van der Waals surface area contributed by atoms with Crippen LogP contribution in [-0.4, -0.2) is 35.3 Å². The maximum absolute atomic E-state index is 12.6. The molecule has 0 spiro atoms. The molecule has 6 heteroatoms. The third-order valence-corrected chi connectivity index (χ3v) is 5.24. The number of aryl methyl sites for hydroxylation is 1. The molecule has 1 aromatic rings. The van der Waals surface area contributed by atoms with E-state index in [1.54, 1.807) is 6.20 Å². The van der Waals surface area contributed by atoms with Crippen molar-refractivity contribution in [3.63, 3.8) is 0 Å². The van der Waals surface area contributed by atoms with Gasteiger partial charge in [-0.25, -0.2) is 0 Å². The molecule has 1 aromatic heterocycles. The highest BCUT2D eigenvalue weighted by Crippen LogP contribution is 2.37. The Bertz CT molecular complexity index is 588. The second-order valence-corrected chi connectivity index (χ2v) is 6.70. The molecule has 2 heterocycles. The summed E-state index contributed by atoms with van der Waals surface area (Å²) in [7, 11) is 1.43. The fourth-order valence-corrected chi connectivity index (χ4v) is 3.85. The number of hydrogen-bond acceptors (Lipinski definition) is 4. The summed E-state index contributed by atoms with van der Waals surface area (Å²) in [6.45, 7) is 1.23. The zero-order valence-corrected chi connectivity index (χ0v) is 13.8. The Balaban J connectivity index is 1.69. The largest absolute Gasteiger partial charge is 0.469 e. The van der Waals surface area contributed by atoms with Crippen LogP contribution in [0.5, 0.6) is 0 Å². The van der Waals surface area contributed by atoms with Crippen LogP contribution in [-0.2, 0) is 22.5 Å². The Labute approximate surface area is 136 Å². The van der Waals surface area contributed by atoms with Gasteiger partial charge < -0.3 is 10.1 Å². The molecule has 3 rings (SSSR count). The molecule has 1 N–H and O–H groups in total. The molecule has 0 bridgehead atoms. The smallest absolute Gasteiger partial charge is 0.313 e. The van der Waals surface area contributed by atoms with Gasteiger partial charge in [-0.2, -0.15) is 5.10 Å². The molecule has 1 aliphatic carbocycles. The van der Waals surface area contributed by atoms with Crippen LogP contribution in [0.1, 0.15) is 61.0 Å². The number of carbonyl (C=O) groups excluding carboxylic acids is 2. The van der Waals surface area contributed by atoms with Crippen molar-refractivity contribution in [3.8, 4) is 0 Å². The van der Waals surface area contributed by atoms with E-state index in [0.717, 1.165) is 63.6 Å². The van der Waals surface area contributed by atoms with Crippen molar-refractivity contribution >= 4 is 11.9 Å². The van der Waals surface area contributed by atoms with Gasteiger partial charge >= 0.3 is 5.97 Å². The van der Waals surface area contributed by atoms with Gasteiger partial charge in [0.25, 0.3) is 5.91 Å². The van der Waals surface area contributed by atoms with Gasteiger partial charge in [0.1, 0.15) is 0 Å². The van der Waals surface area contributed by atoms with Crippen molar-refractivity contribution in [2.24, 2.45) is 5.41 Å². The first-order valence-corrected chi connectivity index (χ1v) is 8.58. The molecule has 0 radical (unpaired) electrons. The van der Waals surface area contributed by atoms with E-state index in [1.807, 2.05) is 4.68 Å². The fourth-order valence-electron chi connectivity index (χ4n) is 3.85. The summed E-state index contributed by atoms with van der Waals surface area (Å²) >= 11 is 0. The van der Waals surface area contributed by atoms with Gasteiger partial charge in [0, 0.05) is 13.1 Å². The van der Waals surface area contributed by atoms with E-state index in [0.29, 0.717) is 12.1 Å². The zero-order chi connectivity index (χ0) is 16.3. The average Bonchev–Trinajstić information content (AvgIpc) is 3.04. The van der Waals surface area contributed by atoms with Crippen LogP contribution in [0.4, 0.5) is 0 Å². The van der Waals surface area contributed by atoms with Crippen molar-refractivity contribution in [2.45, 2.75) is 57.9 Å². The number of fused-ring (bicyclic) bond motifs is 1. The molecule has 1 saturated carbocycles. The fraction of sp³-hybridized carbons (Fsp3) is 0.706. The molecule has 0 unspecified atom stereocenters. The number of amides is 1. The summed E-state index contributed by atoms with van der Waals surface area (Å²) in [6, 6.07) is 0. The minimum absolute atomic E-state index is 0.123. The van der Waals surface area contributed by atoms with E-state index in [9.17, 15) is 9.59 Å². The van der Waals surface area contributed by atoms with Gasteiger partial charge in [-0.3, -0.25) is 14.3 Å². The number of methoxy groups -OCH3 is 1. The number of nitrogens with one attached hydrogen (secondary N) is 1. The van der Waals surface area contributed by atoms with Crippen LogP contribution >= 0.6 is 0 Å². The lowest BCUT2D eigenvalue weighted by atomic mass is 9.74. The second-order valence-electron chi connectivity index (χ2n) is 6.70. The van der Waals surface area contributed by atoms with Crippen molar-refractivity contribution in [3.05, 3.63) is 17.5 Å². The summed E-state index contributed by atoms with van der Waals surface area (Å²) in [5.74, 6) is -0.323. The third kappa shape index (κ3) is 3.12. The highest BCUT2D eigenvalue weighted by molar-refractivity contribution is 5.95. The van der Waals surface area contributed by atoms with E-state index in [2.05, 4.69) is 10.4 Å². The molecule has 2 aliphatic rings. The zero-order valence-electron chi connectivity index (χ0n) is 13.8. The number of esters is 1. The van der Waals surface area contributed by atoms with Crippen molar-refractivity contribution < 1.29 is 14.3 Å². The minimum atomic E-state index is -0.560. The maximum Gasteiger partial charge on any atom is 0.313 e. The summed E-state index contributed by atoms with van der Waals surface area (Å²) in [4.78, 5) is 24.8. The lowest BCUT2D eigenvalue weighted by molar-refractivity contribution is -0.154. The first-order chi connectivity index (χ1) is 11.2. The van der Waals surface area contributed by atoms with Crippen LogP contribution in [0, 0.1) is 5.41 Å². The Morgan fingerprint density at radius 2 is 2.04 bits per heavy atom. The lowest BCUT2D eigenvalue weighted by Gasteiger charge is -2.34. The molecule has 0 aromatic carbocycles. The molecule has 126 valence electrons. The maximum atomic E-state index is 12.6. The average molecular weight is 319 g/mol. The van der Waals surface area contributed by atoms with E-state index < -0.39 is 5.41 Å². The van der Waals surface area contributed by atoms with Crippen molar-refractivity contribution in [1.82, 2.24) is 15.1 Å². The molecule has 0 atom stereocenters. The highest BCUT2D eigenvalue weighted by Gasteiger charge is 2.41. The predicted octanol–water partition coefficient (Wildman–Crippen LogP) is 2.07. The molecule has 0 saturated heterocycles. The SMILES string of the molecule is COC(=O)C1(CNC(=O)c2cnn3c2CCCC3)CCCCC1. The monoisotopic (exact) mass is 319 g/mol. The van der Waals surface area contributed by atoms with E-state index in [4.69, 9.17) is 4.74 Å².